The molecule has 818 valence electrons. The van der Waals surface area contributed by atoms with Crippen molar-refractivity contribution in [3.05, 3.63) is 35.9 Å². The fourth-order valence-corrected chi connectivity index (χ4v) is 15.0. The maximum absolute atomic E-state index is 12.6. The van der Waals surface area contributed by atoms with E-state index in [0.29, 0.717) is 102 Å². The highest BCUT2D eigenvalue weighted by molar-refractivity contribution is 7.88. The standard InChI is InChI=1S/C17H25NO3.C15H27NO3.C12H23NO2.C11H19NO2.C10H18N2O2.C10H20N2O2.C9H18N2O2.C9H17NO.C8H17NO.C6H15NO2S/c1-17(2,3)21-15-9-11-18(12-10-15)16(19)20-13-14-7-5-4-6-8-14;1-6-12(15(2,3)4)13(17)11-7-9-16(10-8-11)14(18)19-5;1-5-13(12(2,3)4)11(14)10-6-8-15-9-7-10;1-6-8-12(11(3,4)5)10(13)9-14-7-2;1-10(2,3)11-9(14)7-5-8(13)12(4)6-7;1-8(13)12(5)7-6-9(14)11-10(2,3)4;1-6(10-7(2)12)8(13)11-9(3,4)5;1-9(2,3)10(4)8(11)7-5-6-7;1-6-7(10)9(5)8(2,3)4;1-6(2,3)7(4)10(5,8)9/h4-8,15H,9-13H2,1-3H3;11-12H,6-10H2,1-5H3;10H,5-9H2,1-4H3;1H,7-9H2,2-5H3;7H,5-6H2,1-4H3,(H,11,14);6-7H2,1-5H3,(H,11,14);6H,1-5H3,(H,10,12)(H,11,13);7H,5-6H2,1-4H3;6H2,1-5H3;1-5H3. The molecule has 5 fully saturated rings. The zero-order chi connectivity index (χ0) is 111. The van der Waals surface area contributed by atoms with Crippen LogP contribution < -0.4 is 21.3 Å². The second-order valence-corrected chi connectivity index (χ2v) is 48.8. The van der Waals surface area contributed by atoms with Crippen LogP contribution in [0.2, 0.25) is 0 Å². The van der Waals surface area contributed by atoms with Crippen LogP contribution in [0.4, 0.5) is 9.59 Å². The Balaban J connectivity index is -0.000000746. The Morgan fingerprint density at radius 1 is 0.567 bits per heavy atom. The van der Waals surface area contributed by atoms with Crippen LogP contribution in [-0.4, -0.2) is 318 Å². The Morgan fingerprint density at radius 3 is 1.37 bits per heavy atom. The Hall–Kier alpha value is -8.52. The number of hydrogen-bond donors (Lipinski definition) is 4. The number of terminal acetylenes is 1. The van der Waals surface area contributed by atoms with E-state index >= 15 is 0 Å². The lowest BCUT2D eigenvalue weighted by atomic mass is 9.72. The molecule has 4 N–H and O–H groups in total. The van der Waals surface area contributed by atoms with Gasteiger partial charge in [0.05, 0.1) is 37.5 Å². The zero-order valence-corrected chi connectivity index (χ0v) is 97.1. The van der Waals surface area contributed by atoms with Crippen molar-refractivity contribution in [3.63, 3.8) is 0 Å². The third kappa shape index (κ3) is 64.1. The maximum atomic E-state index is 12.6. The smallest absolute Gasteiger partial charge is 0.410 e. The summed E-state index contributed by atoms with van der Waals surface area (Å²) in [7, 11) is 7.09. The van der Waals surface area contributed by atoms with Gasteiger partial charge in [-0.1, -0.05) is 70.9 Å². The van der Waals surface area contributed by atoms with E-state index in [1.54, 1.807) is 52.6 Å². The van der Waals surface area contributed by atoms with Crippen LogP contribution in [0.15, 0.2) is 30.3 Å². The van der Waals surface area contributed by atoms with Crippen molar-refractivity contribution in [1.29, 1.82) is 0 Å². The molecule has 0 bridgehead atoms. The molecule has 1 aromatic rings. The van der Waals surface area contributed by atoms with Gasteiger partial charge in [0.2, 0.25) is 69.1 Å². The van der Waals surface area contributed by atoms with Gasteiger partial charge in [0.1, 0.15) is 25.0 Å². The van der Waals surface area contributed by atoms with E-state index in [9.17, 15) is 70.7 Å². The molecular weight excluding hydrogens is 1820 g/mol. The quantitative estimate of drug-likeness (QED) is 0.0830. The highest BCUT2D eigenvalue weighted by atomic mass is 32.2. The highest BCUT2D eigenvalue weighted by Crippen LogP contribution is 2.36. The Labute approximate surface area is 854 Å². The summed E-state index contributed by atoms with van der Waals surface area (Å²) in [5, 5.41) is 11.0. The summed E-state index contributed by atoms with van der Waals surface area (Å²) in [6, 6.07) is 9.27. The fraction of sp³-hybridized carbons (Fsp3) is 0.804. The lowest BCUT2D eigenvalue weighted by molar-refractivity contribution is -0.143. The van der Waals surface area contributed by atoms with Gasteiger partial charge in [0.25, 0.3) is 0 Å². The van der Waals surface area contributed by atoms with Crippen LogP contribution in [-0.2, 0) is 93.1 Å². The number of ketones is 1. The molecule has 33 nitrogen and oxygen atoms in total. The second-order valence-electron chi connectivity index (χ2n) is 46.8. The van der Waals surface area contributed by atoms with Crippen molar-refractivity contribution >= 4 is 87.1 Å². The van der Waals surface area contributed by atoms with Crippen molar-refractivity contribution < 1.29 is 94.4 Å². The summed E-state index contributed by atoms with van der Waals surface area (Å²) in [4.78, 5) is 163. The number of hydrogen-bond acceptors (Lipinski definition) is 20. The van der Waals surface area contributed by atoms with Gasteiger partial charge in [-0.2, -0.15) is 4.31 Å². The van der Waals surface area contributed by atoms with E-state index in [-0.39, 0.29) is 151 Å². The number of Topliss-reactive ketones (excluding diaryl/α,β-unsaturated/α-hetero) is 1. The predicted molar refractivity (Wildman–Crippen MR) is 566 cm³/mol. The number of carbonyl (C=O) groups excluding carboxylic acids is 13. The van der Waals surface area contributed by atoms with Gasteiger partial charge in [-0.05, 0) is 276 Å². The summed E-state index contributed by atoms with van der Waals surface area (Å²) < 4.78 is 49.5. The first-order valence-corrected chi connectivity index (χ1v) is 52.1. The minimum absolute atomic E-state index is 0.0142. The Kier molecular flexibility index (Phi) is 62.7. The van der Waals surface area contributed by atoms with Crippen LogP contribution in [0.25, 0.3) is 0 Å². The molecule has 1 aliphatic carbocycles. The van der Waals surface area contributed by atoms with Gasteiger partial charge in [-0.15, -0.1) is 6.42 Å². The summed E-state index contributed by atoms with van der Waals surface area (Å²) >= 11 is 0. The number of methoxy groups -OCH3 is 1. The van der Waals surface area contributed by atoms with Crippen LogP contribution in [0.5, 0.6) is 0 Å². The van der Waals surface area contributed by atoms with Crippen molar-refractivity contribution in [2.24, 2.45) is 35.0 Å². The summed E-state index contributed by atoms with van der Waals surface area (Å²) in [6.07, 6.45) is 15.5. The number of nitrogens with zero attached hydrogens (tertiary/aromatic N) is 9. The molecule has 4 aliphatic heterocycles. The van der Waals surface area contributed by atoms with Gasteiger partial charge >= 0.3 is 12.2 Å². The zero-order valence-electron chi connectivity index (χ0n) is 96.3. The number of likely N-dealkylation sites (tertiary alicyclic amines) is 3. The molecule has 0 aromatic heterocycles. The molecule has 34 heteroatoms. The molecule has 0 spiro atoms. The van der Waals surface area contributed by atoms with E-state index < -0.39 is 16.1 Å². The van der Waals surface area contributed by atoms with Gasteiger partial charge in [-0.25, -0.2) is 18.0 Å². The van der Waals surface area contributed by atoms with E-state index in [0.717, 1.165) is 83.1 Å². The van der Waals surface area contributed by atoms with Crippen LogP contribution in [0, 0.1) is 47.3 Å². The predicted octanol–water partition coefficient (Wildman–Crippen LogP) is 15.6. The maximum Gasteiger partial charge on any atom is 0.410 e. The monoisotopic (exact) mass is 2020 g/mol. The van der Waals surface area contributed by atoms with Crippen molar-refractivity contribution in [3.8, 4) is 12.3 Å². The number of benzene rings is 1. The second kappa shape index (κ2) is 63.7. The molecular formula is C107H199N13O20S. The number of rotatable bonds is 21. The lowest BCUT2D eigenvalue weighted by Crippen LogP contribution is -2.50. The van der Waals surface area contributed by atoms with Gasteiger partial charge in [-0.3, -0.25) is 52.7 Å². The van der Waals surface area contributed by atoms with E-state index in [1.807, 2.05) is 200 Å². The van der Waals surface area contributed by atoms with E-state index in [2.05, 4.69) is 117 Å². The minimum Gasteiger partial charge on any atom is -0.453 e. The lowest BCUT2D eigenvalue weighted by Gasteiger charge is -2.38. The molecule has 4 saturated heterocycles. The van der Waals surface area contributed by atoms with Gasteiger partial charge in [0, 0.05) is 202 Å². The topological polar surface area (TPSA) is 379 Å². The number of carbonyl (C=O) groups is 13. The number of ether oxygens (including phenoxy) is 5. The highest BCUT2D eigenvalue weighted by Gasteiger charge is 2.40. The molecule has 3 unspecified atom stereocenters. The first-order chi connectivity index (χ1) is 63.8. The normalized spacial score (nSPS) is 16.0. The molecule has 0 radical (unpaired) electrons. The molecule has 3 atom stereocenters. The summed E-state index contributed by atoms with van der Waals surface area (Å²) in [5.41, 5.74) is -0.453. The molecule has 141 heavy (non-hydrogen) atoms. The summed E-state index contributed by atoms with van der Waals surface area (Å²) in [5.74, 6) is 3.81. The average Bonchev–Trinajstić information content (AvgIpc) is 1.74. The molecule has 4 heterocycles. The third-order valence-electron chi connectivity index (χ3n) is 22.9. The van der Waals surface area contributed by atoms with Crippen molar-refractivity contribution in [2.75, 3.05) is 127 Å². The number of piperidine rings is 2. The molecule has 1 aromatic carbocycles. The van der Waals surface area contributed by atoms with Crippen molar-refractivity contribution in [1.82, 2.24) is 64.8 Å². The first-order valence-electron chi connectivity index (χ1n) is 50.2. The van der Waals surface area contributed by atoms with E-state index in [1.165, 1.54) is 36.4 Å². The van der Waals surface area contributed by atoms with Gasteiger partial charge in [0.15, 0.2) is 0 Å². The number of sulfonamides is 1. The van der Waals surface area contributed by atoms with Crippen LogP contribution in [0.1, 0.15) is 339 Å². The largest absolute Gasteiger partial charge is 0.453 e. The van der Waals surface area contributed by atoms with Crippen molar-refractivity contribution in [2.45, 2.75) is 402 Å². The molecule has 12 amide bonds. The SMILES string of the molecule is C#CCN(C(=O)COCC)C(C)(C)C.CC(=O)N(C)CCC(=O)NC(C)(C)C.CC(=O)NC(C)C(=O)NC(C)(C)C.CC(C)(C)OC1CCN(C(=O)OCc2ccccc2)CC1.CCC(=O)N(C)C(C)(C)C.CCC(C(=O)C1CCN(C(=O)OC)CC1)C(C)(C)C.CCN(C(=O)C1CCOCC1)C(C)(C)C.CN(C(=O)C1CC1)C(C)(C)C.CN(C(C)(C)C)S(C)(=O)=O.CN1CC(C(=O)NC(C)(C)C)CC1=O. The van der Waals surface area contributed by atoms with Crippen LogP contribution >= 0.6 is 0 Å². The third-order valence-corrected chi connectivity index (χ3v) is 24.5. The average molecular weight is 2020 g/mol. The minimum atomic E-state index is -3.03. The Morgan fingerprint density at radius 2 is 1.03 bits per heavy atom. The van der Waals surface area contributed by atoms with Crippen LogP contribution in [0.3, 0.4) is 0 Å². The number of amides is 12. The van der Waals surface area contributed by atoms with Gasteiger partial charge < -0.3 is 84.2 Å². The molecule has 1 saturated carbocycles. The van der Waals surface area contributed by atoms with E-state index in [4.69, 9.17) is 30.1 Å². The molecule has 6 rings (SSSR count). The fourth-order valence-electron chi connectivity index (χ4n) is 14.0. The Bertz CT molecular complexity index is 4080. The first kappa shape index (κ1) is 139. The molecule has 5 aliphatic rings. The summed E-state index contributed by atoms with van der Waals surface area (Å²) in [6.45, 7) is 79.5. The number of nitrogens with one attached hydrogen (secondary N) is 4.